The summed E-state index contributed by atoms with van der Waals surface area (Å²) in [6, 6.07) is 11.6. The van der Waals surface area contributed by atoms with Crippen LogP contribution < -0.4 is 10.1 Å². The Hall–Kier alpha value is -2.84. The van der Waals surface area contributed by atoms with Gasteiger partial charge in [-0.05, 0) is 43.3 Å². The molecule has 0 bridgehead atoms. The first-order chi connectivity index (χ1) is 14.2. The summed E-state index contributed by atoms with van der Waals surface area (Å²) in [5, 5.41) is 2.80. The van der Waals surface area contributed by atoms with Crippen LogP contribution in [0.3, 0.4) is 0 Å². The SMILES string of the molecule is C=CCOc1ccc(NC(=O)C2(C)COC(c3cccc(C(F)(F)F)c3)OC2)cc1. The van der Waals surface area contributed by atoms with E-state index in [1.54, 1.807) is 37.3 Å². The van der Waals surface area contributed by atoms with E-state index < -0.39 is 23.4 Å². The van der Waals surface area contributed by atoms with Crippen molar-refractivity contribution in [2.24, 2.45) is 5.41 Å². The maximum Gasteiger partial charge on any atom is 0.416 e. The zero-order chi connectivity index (χ0) is 21.8. The first kappa shape index (κ1) is 21.9. The third-order valence-electron chi connectivity index (χ3n) is 4.62. The molecule has 0 aliphatic carbocycles. The number of alkyl halides is 3. The normalized spacial score (nSPS) is 21.7. The van der Waals surface area contributed by atoms with Crippen LogP contribution in [0, 0.1) is 5.41 Å². The molecule has 1 amide bonds. The van der Waals surface area contributed by atoms with Gasteiger partial charge in [0.2, 0.25) is 5.91 Å². The van der Waals surface area contributed by atoms with Crippen LogP contribution in [0.5, 0.6) is 5.75 Å². The predicted octanol–water partition coefficient (Wildman–Crippen LogP) is 4.96. The Kier molecular flexibility index (Phi) is 6.48. The third-order valence-corrected chi connectivity index (χ3v) is 4.62. The number of ether oxygens (including phenoxy) is 3. The number of hydrogen-bond acceptors (Lipinski definition) is 4. The van der Waals surface area contributed by atoms with Gasteiger partial charge in [-0.3, -0.25) is 4.79 Å². The van der Waals surface area contributed by atoms with Gasteiger partial charge in [0.1, 0.15) is 12.4 Å². The number of rotatable bonds is 6. The summed E-state index contributed by atoms with van der Waals surface area (Å²) in [5.74, 6) is 0.331. The van der Waals surface area contributed by atoms with E-state index in [-0.39, 0.29) is 24.7 Å². The Balaban J connectivity index is 1.60. The Morgan fingerprint density at radius 2 is 1.90 bits per heavy atom. The van der Waals surface area contributed by atoms with Crippen LogP contribution in [-0.2, 0) is 20.4 Å². The summed E-state index contributed by atoms with van der Waals surface area (Å²) in [7, 11) is 0. The van der Waals surface area contributed by atoms with Crippen LogP contribution in [0.25, 0.3) is 0 Å². The molecule has 2 aromatic rings. The Labute approximate surface area is 172 Å². The van der Waals surface area contributed by atoms with E-state index in [4.69, 9.17) is 14.2 Å². The number of nitrogens with one attached hydrogen (secondary N) is 1. The molecule has 1 aliphatic heterocycles. The zero-order valence-electron chi connectivity index (χ0n) is 16.4. The fourth-order valence-electron chi connectivity index (χ4n) is 2.87. The number of anilines is 1. The van der Waals surface area contributed by atoms with Crippen molar-refractivity contribution in [3.05, 3.63) is 72.3 Å². The van der Waals surface area contributed by atoms with Gasteiger partial charge >= 0.3 is 6.18 Å². The van der Waals surface area contributed by atoms with Gasteiger partial charge in [0.25, 0.3) is 0 Å². The maximum atomic E-state index is 12.9. The Morgan fingerprint density at radius 3 is 2.50 bits per heavy atom. The fourth-order valence-corrected chi connectivity index (χ4v) is 2.87. The standard InChI is InChI=1S/C22H22F3NO4/c1-3-11-28-18-9-7-17(8-10-18)26-20(27)21(2)13-29-19(30-14-21)15-5-4-6-16(12-15)22(23,24)25/h3-10,12,19H,1,11,13-14H2,2H3,(H,26,27). The van der Waals surface area contributed by atoms with Crippen molar-refractivity contribution in [1.29, 1.82) is 0 Å². The Morgan fingerprint density at radius 1 is 1.23 bits per heavy atom. The van der Waals surface area contributed by atoms with E-state index in [1.807, 2.05) is 0 Å². The van der Waals surface area contributed by atoms with E-state index in [9.17, 15) is 18.0 Å². The molecule has 5 nitrogen and oxygen atoms in total. The fraction of sp³-hybridized carbons (Fsp3) is 0.318. The van der Waals surface area contributed by atoms with E-state index in [1.165, 1.54) is 12.1 Å². The number of carbonyl (C=O) groups is 1. The second-order valence-corrected chi connectivity index (χ2v) is 7.22. The summed E-state index contributed by atoms with van der Waals surface area (Å²) < 4.78 is 55.3. The molecule has 0 saturated carbocycles. The predicted molar refractivity (Wildman–Crippen MR) is 105 cm³/mol. The van der Waals surface area contributed by atoms with Gasteiger partial charge in [-0.25, -0.2) is 0 Å². The lowest BCUT2D eigenvalue weighted by atomic mass is 9.90. The molecule has 2 aromatic carbocycles. The van der Waals surface area contributed by atoms with Gasteiger partial charge in [0.05, 0.1) is 24.2 Å². The minimum Gasteiger partial charge on any atom is -0.490 e. The second-order valence-electron chi connectivity index (χ2n) is 7.22. The molecule has 160 valence electrons. The van der Waals surface area contributed by atoms with Crippen LogP contribution in [0.1, 0.15) is 24.3 Å². The molecule has 0 unspecified atom stereocenters. The highest BCUT2D eigenvalue weighted by atomic mass is 19.4. The summed E-state index contributed by atoms with van der Waals surface area (Å²) in [6.45, 7) is 5.63. The van der Waals surface area contributed by atoms with Crippen LogP contribution in [0.2, 0.25) is 0 Å². The molecule has 0 atom stereocenters. The van der Waals surface area contributed by atoms with Crippen LogP contribution in [0.4, 0.5) is 18.9 Å². The van der Waals surface area contributed by atoms with E-state index in [0.717, 1.165) is 12.1 Å². The average Bonchev–Trinajstić information content (AvgIpc) is 2.73. The average molecular weight is 421 g/mol. The lowest BCUT2D eigenvalue weighted by Gasteiger charge is -2.36. The van der Waals surface area contributed by atoms with Crippen LogP contribution in [0.15, 0.2) is 61.2 Å². The minimum atomic E-state index is -4.45. The molecule has 3 rings (SSSR count). The quantitative estimate of drug-likeness (QED) is 0.670. The summed E-state index contributed by atoms with van der Waals surface area (Å²) in [5.41, 5.74) is -0.941. The van der Waals surface area contributed by atoms with Gasteiger partial charge in [-0.15, -0.1) is 0 Å². The van der Waals surface area contributed by atoms with Crippen molar-refractivity contribution in [3.63, 3.8) is 0 Å². The third kappa shape index (κ3) is 5.20. The first-order valence-corrected chi connectivity index (χ1v) is 9.27. The molecule has 1 heterocycles. The number of halogens is 3. The van der Waals surface area contributed by atoms with Gasteiger partial charge < -0.3 is 19.5 Å². The molecule has 8 heteroatoms. The second kappa shape index (κ2) is 8.89. The molecule has 0 aromatic heterocycles. The molecule has 1 saturated heterocycles. The largest absolute Gasteiger partial charge is 0.490 e. The van der Waals surface area contributed by atoms with Crippen molar-refractivity contribution in [2.75, 3.05) is 25.1 Å². The molecular formula is C22H22F3NO4. The first-order valence-electron chi connectivity index (χ1n) is 9.27. The molecule has 0 radical (unpaired) electrons. The van der Waals surface area contributed by atoms with Crippen molar-refractivity contribution in [2.45, 2.75) is 19.4 Å². The number of amides is 1. The summed E-state index contributed by atoms with van der Waals surface area (Å²) >= 11 is 0. The summed E-state index contributed by atoms with van der Waals surface area (Å²) in [6.07, 6.45) is -3.79. The summed E-state index contributed by atoms with van der Waals surface area (Å²) in [4.78, 5) is 12.7. The smallest absolute Gasteiger partial charge is 0.416 e. The molecule has 0 spiro atoms. The van der Waals surface area contributed by atoms with Crippen molar-refractivity contribution in [3.8, 4) is 5.75 Å². The van der Waals surface area contributed by atoms with E-state index >= 15 is 0 Å². The van der Waals surface area contributed by atoms with Crippen molar-refractivity contribution >= 4 is 11.6 Å². The number of hydrogen-bond donors (Lipinski definition) is 1. The van der Waals surface area contributed by atoms with Gasteiger partial charge in [0.15, 0.2) is 6.29 Å². The highest BCUT2D eigenvalue weighted by Crippen LogP contribution is 2.35. The zero-order valence-corrected chi connectivity index (χ0v) is 16.4. The monoisotopic (exact) mass is 421 g/mol. The number of carbonyl (C=O) groups excluding carboxylic acids is 1. The van der Waals surface area contributed by atoms with Crippen molar-refractivity contribution < 1.29 is 32.2 Å². The lowest BCUT2D eigenvalue weighted by Crippen LogP contribution is -2.45. The van der Waals surface area contributed by atoms with Gasteiger partial charge in [-0.1, -0.05) is 24.8 Å². The van der Waals surface area contributed by atoms with Crippen LogP contribution in [-0.4, -0.2) is 25.7 Å². The lowest BCUT2D eigenvalue weighted by molar-refractivity contribution is -0.226. The number of benzene rings is 2. The minimum absolute atomic E-state index is 0.000273. The maximum absolute atomic E-state index is 12.9. The molecular weight excluding hydrogens is 399 g/mol. The van der Waals surface area contributed by atoms with Crippen molar-refractivity contribution in [1.82, 2.24) is 0 Å². The Bertz CT molecular complexity index is 888. The molecule has 1 aliphatic rings. The van der Waals surface area contributed by atoms with Crippen LogP contribution >= 0.6 is 0 Å². The van der Waals surface area contributed by atoms with E-state index in [2.05, 4.69) is 11.9 Å². The highest BCUT2D eigenvalue weighted by molar-refractivity contribution is 5.95. The molecule has 1 fully saturated rings. The molecule has 30 heavy (non-hydrogen) atoms. The highest BCUT2D eigenvalue weighted by Gasteiger charge is 2.40. The van der Waals surface area contributed by atoms with Gasteiger partial charge in [-0.2, -0.15) is 13.2 Å². The van der Waals surface area contributed by atoms with Gasteiger partial charge in [0, 0.05) is 11.3 Å². The topological polar surface area (TPSA) is 56.8 Å². The molecule has 1 N–H and O–H groups in total. The van der Waals surface area contributed by atoms with E-state index in [0.29, 0.717) is 18.0 Å².